The molecular formula is C21H20O3. The van der Waals surface area contributed by atoms with E-state index in [0.29, 0.717) is 0 Å². The van der Waals surface area contributed by atoms with Crippen molar-refractivity contribution in [3.63, 3.8) is 0 Å². The first kappa shape index (κ1) is 15.9. The van der Waals surface area contributed by atoms with Gasteiger partial charge in [0.25, 0.3) is 0 Å². The third-order valence-electron chi connectivity index (χ3n) is 4.31. The van der Waals surface area contributed by atoms with Crippen molar-refractivity contribution in [2.75, 3.05) is 0 Å². The van der Waals surface area contributed by atoms with Crippen LogP contribution in [0.1, 0.15) is 33.7 Å². The van der Waals surface area contributed by atoms with Crippen LogP contribution in [-0.4, -0.2) is 15.3 Å². The molecule has 0 saturated heterocycles. The SMILES string of the molecule is Cc1cc(C(c2cccc(O)c2)c2ccc(O)c(C)c2)ccc1O. The van der Waals surface area contributed by atoms with Crippen LogP contribution in [0.2, 0.25) is 0 Å². The van der Waals surface area contributed by atoms with E-state index in [4.69, 9.17) is 0 Å². The highest BCUT2D eigenvalue weighted by Crippen LogP contribution is 2.36. The van der Waals surface area contributed by atoms with Gasteiger partial charge in [0.05, 0.1) is 0 Å². The molecule has 0 bridgehead atoms. The Hall–Kier alpha value is -2.94. The standard InChI is InChI=1S/C21H20O3/c1-13-10-16(6-8-19(13)23)21(15-4-3-5-18(22)12-15)17-7-9-20(24)14(2)11-17/h3-12,21-24H,1-2H3. The second-order valence-electron chi connectivity index (χ2n) is 6.12. The summed E-state index contributed by atoms with van der Waals surface area (Å²) in [6, 6.07) is 18.2. The molecule has 0 aliphatic heterocycles. The summed E-state index contributed by atoms with van der Waals surface area (Å²) >= 11 is 0. The summed E-state index contributed by atoms with van der Waals surface area (Å²) in [6.45, 7) is 3.72. The van der Waals surface area contributed by atoms with Crippen LogP contribution in [0.25, 0.3) is 0 Å². The molecule has 122 valence electrons. The quantitative estimate of drug-likeness (QED) is 0.618. The molecule has 3 heteroatoms. The lowest BCUT2D eigenvalue weighted by molar-refractivity contribution is 0.470. The molecule has 0 saturated carbocycles. The van der Waals surface area contributed by atoms with Crippen LogP contribution in [0.15, 0.2) is 60.7 Å². The summed E-state index contributed by atoms with van der Waals surface area (Å²) in [7, 11) is 0. The molecule has 0 aliphatic carbocycles. The van der Waals surface area contributed by atoms with Gasteiger partial charge in [0, 0.05) is 5.92 Å². The van der Waals surface area contributed by atoms with E-state index in [1.54, 1.807) is 24.3 Å². The Morgan fingerprint density at radius 2 is 1.12 bits per heavy atom. The van der Waals surface area contributed by atoms with Gasteiger partial charge in [-0.15, -0.1) is 0 Å². The molecule has 0 aliphatic rings. The maximum absolute atomic E-state index is 9.87. The highest BCUT2D eigenvalue weighted by atomic mass is 16.3. The lowest BCUT2D eigenvalue weighted by Gasteiger charge is -2.20. The van der Waals surface area contributed by atoms with Gasteiger partial charge in [-0.25, -0.2) is 0 Å². The van der Waals surface area contributed by atoms with Crippen LogP contribution in [0.3, 0.4) is 0 Å². The maximum atomic E-state index is 9.87. The van der Waals surface area contributed by atoms with Gasteiger partial charge in [0.15, 0.2) is 0 Å². The van der Waals surface area contributed by atoms with Gasteiger partial charge in [-0.2, -0.15) is 0 Å². The molecule has 0 heterocycles. The van der Waals surface area contributed by atoms with Crippen molar-refractivity contribution in [3.05, 3.63) is 88.5 Å². The molecule has 0 fully saturated rings. The van der Waals surface area contributed by atoms with Gasteiger partial charge < -0.3 is 15.3 Å². The first-order chi connectivity index (χ1) is 11.5. The predicted molar refractivity (Wildman–Crippen MR) is 94.7 cm³/mol. The smallest absolute Gasteiger partial charge is 0.118 e. The Labute approximate surface area is 141 Å². The van der Waals surface area contributed by atoms with Gasteiger partial charge in [-0.3, -0.25) is 0 Å². The third kappa shape index (κ3) is 3.06. The number of hydrogen-bond donors (Lipinski definition) is 3. The van der Waals surface area contributed by atoms with Crippen LogP contribution < -0.4 is 0 Å². The fourth-order valence-electron chi connectivity index (χ4n) is 3.00. The van der Waals surface area contributed by atoms with Crippen molar-refractivity contribution in [2.45, 2.75) is 19.8 Å². The number of phenols is 3. The highest BCUT2D eigenvalue weighted by Gasteiger charge is 2.19. The lowest BCUT2D eigenvalue weighted by atomic mass is 9.84. The van der Waals surface area contributed by atoms with Crippen LogP contribution in [0.5, 0.6) is 17.2 Å². The largest absolute Gasteiger partial charge is 0.508 e. The fourth-order valence-corrected chi connectivity index (χ4v) is 3.00. The van der Waals surface area contributed by atoms with E-state index in [0.717, 1.165) is 27.8 Å². The molecular weight excluding hydrogens is 300 g/mol. The van der Waals surface area contributed by atoms with E-state index in [-0.39, 0.29) is 23.2 Å². The van der Waals surface area contributed by atoms with Crippen molar-refractivity contribution in [1.29, 1.82) is 0 Å². The second kappa shape index (κ2) is 6.28. The third-order valence-corrected chi connectivity index (χ3v) is 4.31. The Bertz CT molecular complexity index is 833. The average Bonchev–Trinajstić information content (AvgIpc) is 2.54. The molecule has 3 aromatic carbocycles. The minimum absolute atomic E-state index is 0.101. The minimum atomic E-state index is -0.101. The minimum Gasteiger partial charge on any atom is -0.508 e. The van der Waals surface area contributed by atoms with Crippen molar-refractivity contribution >= 4 is 0 Å². The van der Waals surface area contributed by atoms with Crippen molar-refractivity contribution < 1.29 is 15.3 Å². The Morgan fingerprint density at radius 1 is 0.625 bits per heavy atom. The molecule has 0 unspecified atom stereocenters. The molecule has 3 aromatic rings. The van der Waals surface area contributed by atoms with Crippen LogP contribution in [0.4, 0.5) is 0 Å². The summed E-state index contributed by atoms with van der Waals surface area (Å²) in [5.74, 6) is 0.629. The van der Waals surface area contributed by atoms with E-state index < -0.39 is 0 Å². The van der Waals surface area contributed by atoms with Crippen molar-refractivity contribution in [3.8, 4) is 17.2 Å². The fraction of sp³-hybridized carbons (Fsp3) is 0.143. The average molecular weight is 320 g/mol. The normalized spacial score (nSPS) is 11.0. The summed E-state index contributed by atoms with van der Waals surface area (Å²) < 4.78 is 0. The van der Waals surface area contributed by atoms with Crippen LogP contribution in [-0.2, 0) is 0 Å². The first-order valence-corrected chi connectivity index (χ1v) is 7.83. The lowest BCUT2D eigenvalue weighted by Crippen LogP contribution is -2.04. The molecule has 0 radical (unpaired) electrons. The topological polar surface area (TPSA) is 60.7 Å². The molecule has 3 N–H and O–H groups in total. The molecule has 0 amide bonds. The number of hydrogen-bond acceptors (Lipinski definition) is 3. The van der Waals surface area contributed by atoms with Gasteiger partial charge in [0.2, 0.25) is 0 Å². The van der Waals surface area contributed by atoms with E-state index in [9.17, 15) is 15.3 Å². The second-order valence-corrected chi connectivity index (χ2v) is 6.12. The van der Waals surface area contributed by atoms with Crippen molar-refractivity contribution in [2.24, 2.45) is 0 Å². The molecule has 3 rings (SSSR count). The molecule has 3 nitrogen and oxygen atoms in total. The summed E-state index contributed by atoms with van der Waals surface area (Å²) in [4.78, 5) is 0. The van der Waals surface area contributed by atoms with Gasteiger partial charge >= 0.3 is 0 Å². The molecule has 0 atom stereocenters. The van der Waals surface area contributed by atoms with E-state index in [2.05, 4.69) is 0 Å². The zero-order valence-corrected chi connectivity index (χ0v) is 13.7. The summed E-state index contributed by atoms with van der Waals surface area (Å²) in [5, 5.41) is 29.5. The number of phenolic OH excluding ortho intramolecular Hbond substituents is 3. The van der Waals surface area contributed by atoms with E-state index in [1.807, 2.05) is 50.2 Å². The summed E-state index contributed by atoms with van der Waals surface area (Å²) in [6.07, 6.45) is 0. The number of benzene rings is 3. The zero-order valence-electron chi connectivity index (χ0n) is 13.7. The number of rotatable bonds is 3. The monoisotopic (exact) mass is 320 g/mol. The Kier molecular flexibility index (Phi) is 4.17. The highest BCUT2D eigenvalue weighted by molar-refractivity contribution is 5.50. The molecule has 0 spiro atoms. The summed E-state index contributed by atoms with van der Waals surface area (Å²) in [5.41, 5.74) is 4.58. The first-order valence-electron chi connectivity index (χ1n) is 7.83. The van der Waals surface area contributed by atoms with E-state index >= 15 is 0 Å². The Balaban J connectivity index is 2.20. The van der Waals surface area contributed by atoms with E-state index in [1.165, 1.54) is 0 Å². The predicted octanol–water partition coefficient (Wildman–Crippen LogP) is 4.60. The van der Waals surface area contributed by atoms with Crippen LogP contribution >= 0.6 is 0 Å². The van der Waals surface area contributed by atoms with Gasteiger partial charge in [-0.1, -0.05) is 36.4 Å². The van der Waals surface area contributed by atoms with Gasteiger partial charge in [0.1, 0.15) is 17.2 Å². The zero-order chi connectivity index (χ0) is 17.3. The maximum Gasteiger partial charge on any atom is 0.118 e. The van der Waals surface area contributed by atoms with Crippen LogP contribution in [0, 0.1) is 13.8 Å². The van der Waals surface area contributed by atoms with Crippen molar-refractivity contribution in [1.82, 2.24) is 0 Å². The molecule has 0 aromatic heterocycles. The van der Waals surface area contributed by atoms with Gasteiger partial charge in [-0.05, 0) is 65.9 Å². The Morgan fingerprint density at radius 3 is 1.58 bits per heavy atom. The number of aryl methyl sites for hydroxylation is 2. The molecule has 24 heavy (non-hydrogen) atoms. The number of aromatic hydroxyl groups is 3.